The second-order valence-electron chi connectivity index (χ2n) is 4.89. The van der Waals surface area contributed by atoms with E-state index in [0.717, 1.165) is 42.2 Å². The molecule has 1 unspecified atom stereocenters. The maximum Gasteiger partial charge on any atom is 0.161 e. The van der Waals surface area contributed by atoms with E-state index in [9.17, 15) is 0 Å². The van der Waals surface area contributed by atoms with Gasteiger partial charge in [-0.2, -0.15) is 0 Å². The minimum atomic E-state index is 0. The maximum atomic E-state index is 5.37. The summed E-state index contributed by atoms with van der Waals surface area (Å²) in [4.78, 5) is 2.45. The number of rotatable bonds is 4. The fourth-order valence-electron chi connectivity index (χ4n) is 2.41. The van der Waals surface area contributed by atoms with Gasteiger partial charge in [-0.1, -0.05) is 15.9 Å². The Morgan fingerprint density at radius 2 is 1.95 bits per heavy atom. The highest BCUT2D eigenvalue weighted by Gasteiger charge is 2.18. The highest BCUT2D eigenvalue weighted by atomic mass is 79.9. The Bertz CT molecular complexity index is 445. The number of piperazine rings is 1. The van der Waals surface area contributed by atoms with Crippen molar-refractivity contribution in [1.29, 1.82) is 0 Å². The van der Waals surface area contributed by atoms with E-state index < -0.39 is 0 Å². The van der Waals surface area contributed by atoms with E-state index in [4.69, 9.17) is 9.47 Å². The molecule has 1 aliphatic heterocycles. The number of ether oxygens (including phenoxy) is 2. The Hall–Kier alpha value is -0.490. The van der Waals surface area contributed by atoms with Gasteiger partial charge in [0.25, 0.3) is 0 Å². The third kappa shape index (κ3) is 4.25. The highest BCUT2D eigenvalue weighted by molar-refractivity contribution is 9.10. The zero-order valence-electron chi connectivity index (χ0n) is 12.1. The number of nitrogens with one attached hydrogen (secondary N) is 1. The molecule has 0 radical (unpaired) electrons. The standard InChI is InChI=1S/C14H21BrN2O2.ClH/c1-10-8-17(5-4-16-10)9-11-6-13(18-2)14(19-3)7-12(11)15;/h6-7,10,16H,4-5,8-9H2,1-3H3;1H. The molecular weight excluding hydrogens is 344 g/mol. The first kappa shape index (κ1) is 17.6. The first-order valence-electron chi connectivity index (χ1n) is 6.50. The predicted octanol–water partition coefficient (Wildman–Crippen LogP) is 2.68. The lowest BCUT2D eigenvalue weighted by Gasteiger charge is -2.32. The molecule has 114 valence electrons. The largest absolute Gasteiger partial charge is 0.493 e. The van der Waals surface area contributed by atoms with E-state index in [1.54, 1.807) is 14.2 Å². The number of nitrogens with zero attached hydrogens (tertiary/aromatic N) is 1. The number of halogens is 2. The van der Waals surface area contributed by atoms with Crippen LogP contribution in [0.3, 0.4) is 0 Å². The maximum absolute atomic E-state index is 5.37. The van der Waals surface area contributed by atoms with Gasteiger partial charge in [-0.3, -0.25) is 4.90 Å². The van der Waals surface area contributed by atoms with Crippen molar-refractivity contribution in [2.45, 2.75) is 19.5 Å². The molecule has 2 rings (SSSR count). The summed E-state index contributed by atoms with van der Waals surface area (Å²) in [5.41, 5.74) is 1.23. The summed E-state index contributed by atoms with van der Waals surface area (Å²) >= 11 is 3.62. The molecule has 1 atom stereocenters. The topological polar surface area (TPSA) is 33.7 Å². The van der Waals surface area contributed by atoms with E-state index in [-0.39, 0.29) is 12.4 Å². The molecule has 20 heavy (non-hydrogen) atoms. The minimum absolute atomic E-state index is 0. The fraction of sp³-hybridized carbons (Fsp3) is 0.571. The molecule has 0 spiro atoms. The second-order valence-corrected chi connectivity index (χ2v) is 5.74. The van der Waals surface area contributed by atoms with Crippen molar-refractivity contribution in [3.63, 3.8) is 0 Å². The van der Waals surface area contributed by atoms with Crippen LogP contribution in [0.5, 0.6) is 11.5 Å². The molecule has 1 N–H and O–H groups in total. The van der Waals surface area contributed by atoms with Crippen LogP contribution in [0.4, 0.5) is 0 Å². The Kier molecular flexibility index (Phi) is 7.09. The molecule has 1 saturated heterocycles. The minimum Gasteiger partial charge on any atom is -0.493 e. The Morgan fingerprint density at radius 3 is 2.55 bits per heavy atom. The molecule has 0 aliphatic carbocycles. The van der Waals surface area contributed by atoms with Crippen LogP contribution in [0.25, 0.3) is 0 Å². The lowest BCUT2D eigenvalue weighted by molar-refractivity contribution is 0.199. The molecule has 1 heterocycles. The van der Waals surface area contributed by atoms with Crippen molar-refractivity contribution in [2.75, 3.05) is 33.9 Å². The van der Waals surface area contributed by atoms with Gasteiger partial charge in [0.2, 0.25) is 0 Å². The summed E-state index contributed by atoms with van der Waals surface area (Å²) in [5.74, 6) is 1.54. The second kappa shape index (κ2) is 8.08. The van der Waals surface area contributed by atoms with E-state index in [0.29, 0.717) is 6.04 Å². The van der Waals surface area contributed by atoms with E-state index >= 15 is 0 Å². The Labute approximate surface area is 135 Å². The molecule has 0 saturated carbocycles. The number of benzene rings is 1. The van der Waals surface area contributed by atoms with Gasteiger partial charge in [-0.05, 0) is 24.6 Å². The van der Waals surface area contributed by atoms with Gasteiger partial charge in [0.1, 0.15) is 0 Å². The van der Waals surface area contributed by atoms with Crippen LogP contribution in [0.2, 0.25) is 0 Å². The molecule has 1 aromatic carbocycles. The first-order valence-corrected chi connectivity index (χ1v) is 7.29. The van der Waals surface area contributed by atoms with Crippen LogP contribution in [0.1, 0.15) is 12.5 Å². The van der Waals surface area contributed by atoms with Crippen molar-refractivity contribution in [3.05, 3.63) is 22.2 Å². The molecular formula is C14H22BrClN2O2. The Morgan fingerprint density at radius 1 is 1.30 bits per heavy atom. The van der Waals surface area contributed by atoms with Crippen molar-refractivity contribution < 1.29 is 9.47 Å². The molecule has 1 fully saturated rings. The van der Waals surface area contributed by atoms with Gasteiger partial charge in [0.15, 0.2) is 11.5 Å². The van der Waals surface area contributed by atoms with Gasteiger partial charge in [-0.15, -0.1) is 12.4 Å². The smallest absolute Gasteiger partial charge is 0.161 e. The zero-order chi connectivity index (χ0) is 13.8. The molecule has 1 aliphatic rings. The highest BCUT2D eigenvalue weighted by Crippen LogP contribution is 2.33. The summed E-state index contributed by atoms with van der Waals surface area (Å²) in [6.45, 7) is 6.33. The average molecular weight is 366 g/mol. The van der Waals surface area contributed by atoms with Crippen LogP contribution in [0, 0.1) is 0 Å². The Balaban J connectivity index is 0.00000200. The quantitative estimate of drug-likeness (QED) is 0.889. The van der Waals surface area contributed by atoms with Gasteiger partial charge < -0.3 is 14.8 Å². The van der Waals surface area contributed by atoms with Gasteiger partial charge in [-0.25, -0.2) is 0 Å². The molecule has 4 nitrogen and oxygen atoms in total. The van der Waals surface area contributed by atoms with Crippen molar-refractivity contribution in [3.8, 4) is 11.5 Å². The van der Waals surface area contributed by atoms with Crippen molar-refractivity contribution in [2.24, 2.45) is 0 Å². The van der Waals surface area contributed by atoms with Gasteiger partial charge >= 0.3 is 0 Å². The van der Waals surface area contributed by atoms with Crippen molar-refractivity contribution in [1.82, 2.24) is 10.2 Å². The van der Waals surface area contributed by atoms with Gasteiger partial charge in [0, 0.05) is 36.7 Å². The normalized spacial score (nSPS) is 19.3. The first-order chi connectivity index (χ1) is 9.13. The van der Waals surface area contributed by atoms with Crippen LogP contribution < -0.4 is 14.8 Å². The number of hydrogen-bond donors (Lipinski definition) is 1. The lowest BCUT2D eigenvalue weighted by atomic mass is 10.1. The van der Waals surface area contributed by atoms with E-state index in [1.807, 2.05) is 6.07 Å². The summed E-state index contributed by atoms with van der Waals surface area (Å²) in [5, 5.41) is 3.46. The van der Waals surface area contributed by atoms with Crippen molar-refractivity contribution >= 4 is 28.3 Å². The monoisotopic (exact) mass is 364 g/mol. The molecule has 0 amide bonds. The summed E-state index contributed by atoms with van der Waals surface area (Å²) in [7, 11) is 3.32. The molecule has 0 bridgehead atoms. The van der Waals surface area contributed by atoms with Crippen LogP contribution >= 0.6 is 28.3 Å². The summed E-state index contributed by atoms with van der Waals surface area (Å²) in [6.07, 6.45) is 0. The molecule has 6 heteroatoms. The van der Waals surface area contributed by atoms with E-state index in [2.05, 4.69) is 39.1 Å². The van der Waals surface area contributed by atoms with Crippen LogP contribution in [0.15, 0.2) is 16.6 Å². The lowest BCUT2D eigenvalue weighted by Crippen LogP contribution is -2.48. The summed E-state index contributed by atoms with van der Waals surface area (Å²) < 4.78 is 11.7. The van der Waals surface area contributed by atoms with Gasteiger partial charge in [0.05, 0.1) is 14.2 Å². The third-order valence-corrected chi connectivity index (χ3v) is 4.14. The SMILES string of the molecule is COc1cc(Br)c(CN2CCNC(C)C2)cc1OC.Cl. The third-order valence-electron chi connectivity index (χ3n) is 3.40. The van der Waals surface area contributed by atoms with E-state index in [1.165, 1.54) is 5.56 Å². The predicted molar refractivity (Wildman–Crippen MR) is 87.2 cm³/mol. The van der Waals surface area contributed by atoms with Crippen LogP contribution in [-0.4, -0.2) is 44.8 Å². The van der Waals surface area contributed by atoms with Crippen LogP contribution in [-0.2, 0) is 6.54 Å². The summed E-state index contributed by atoms with van der Waals surface area (Å²) in [6, 6.07) is 4.57. The molecule has 1 aromatic rings. The number of hydrogen-bond acceptors (Lipinski definition) is 4. The average Bonchev–Trinajstić information content (AvgIpc) is 2.40. The zero-order valence-corrected chi connectivity index (χ0v) is 14.5. The molecule has 0 aromatic heterocycles. The number of methoxy groups -OCH3 is 2. The fourth-order valence-corrected chi connectivity index (χ4v) is 2.86.